The van der Waals surface area contributed by atoms with Crippen LogP contribution in [0.15, 0.2) is 6.20 Å². The van der Waals surface area contributed by atoms with Gasteiger partial charge in [0.05, 0.1) is 6.20 Å². The average molecular weight is 303 g/mol. The topological polar surface area (TPSA) is 108 Å². The van der Waals surface area contributed by atoms with Crippen LogP contribution in [0.25, 0.3) is 11.0 Å². The molecule has 7 heteroatoms. The van der Waals surface area contributed by atoms with Crippen LogP contribution in [0.3, 0.4) is 0 Å². The van der Waals surface area contributed by atoms with Crippen molar-refractivity contribution >= 4 is 22.8 Å². The molecule has 1 saturated carbocycles. The van der Waals surface area contributed by atoms with Crippen LogP contribution in [0.4, 0.5) is 11.8 Å². The van der Waals surface area contributed by atoms with Gasteiger partial charge in [-0.25, -0.2) is 4.98 Å². The molecule has 2 aromatic rings. The fraction of sp³-hybridized carbons (Fsp3) is 0.667. The van der Waals surface area contributed by atoms with Gasteiger partial charge < -0.3 is 16.8 Å². The van der Waals surface area contributed by atoms with E-state index < -0.39 is 0 Å². The van der Waals surface area contributed by atoms with E-state index in [4.69, 9.17) is 11.5 Å². The number of nitrogen functional groups attached to an aromatic ring is 1. The first-order valence-corrected chi connectivity index (χ1v) is 8.14. The predicted octanol–water partition coefficient (Wildman–Crippen LogP) is 1.61. The van der Waals surface area contributed by atoms with E-state index in [9.17, 15) is 0 Å². The largest absolute Gasteiger partial charge is 0.368 e. The first kappa shape index (κ1) is 15.0. The summed E-state index contributed by atoms with van der Waals surface area (Å²) in [6.45, 7) is 4.75. The van der Waals surface area contributed by atoms with E-state index in [1.807, 2.05) is 10.9 Å². The molecule has 0 radical (unpaired) electrons. The van der Waals surface area contributed by atoms with Gasteiger partial charge in [-0.15, -0.1) is 0 Å². The summed E-state index contributed by atoms with van der Waals surface area (Å²) < 4.78 is 1.97. The number of fused-ring (bicyclic) bond motifs is 1. The lowest BCUT2D eigenvalue weighted by Gasteiger charge is -2.34. The maximum atomic E-state index is 5.80. The Morgan fingerprint density at radius 1 is 1.32 bits per heavy atom. The molecule has 0 aliphatic heterocycles. The molecule has 0 bridgehead atoms. The van der Waals surface area contributed by atoms with Crippen LogP contribution in [0.5, 0.6) is 0 Å². The smallest absolute Gasteiger partial charge is 0.222 e. The molecule has 0 unspecified atom stereocenters. The van der Waals surface area contributed by atoms with Crippen LogP contribution in [0.2, 0.25) is 0 Å². The van der Waals surface area contributed by atoms with Crippen molar-refractivity contribution in [1.82, 2.24) is 19.7 Å². The Kier molecular flexibility index (Phi) is 4.42. The molecule has 7 nitrogen and oxygen atoms in total. The lowest BCUT2D eigenvalue weighted by atomic mass is 9.75. The van der Waals surface area contributed by atoms with Gasteiger partial charge in [-0.1, -0.05) is 13.3 Å². The number of unbranched alkanes of at least 4 members (excludes halogenated alkanes) is 1. The van der Waals surface area contributed by atoms with E-state index in [0.717, 1.165) is 49.3 Å². The Morgan fingerprint density at radius 2 is 2.14 bits per heavy atom. The number of nitrogens with zero attached hydrogens (tertiary/aromatic N) is 4. The van der Waals surface area contributed by atoms with Gasteiger partial charge >= 0.3 is 0 Å². The summed E-state index contributed by atoms with van der Waals surface area (Å²) in [4.78, 5) is 8.58. The Morgan fingerprint density at radius 3 is 2.86 bits per heavy atom. The lowest BCUT2D eigenvalue weighted by Crippen LogP contribution is -2.32. The second-order valence-electron chi connectivity index (χ2n) is 6.23. The summed E-state index contributed by atoms with van der Waals surface area (Å²) >= 11 is 0. The molecular formula is C15H25N7. The van der Waals surface area contributed by atoms with E-state index >= 15 is 0 Å². The van der Waals surface area contributed by atoms with E-state index in [2.05, 4.69) is 27.3 Å². The van der Waals surface area contributed by atoms with Crippen molar-refractivity contribution in [3.63, 3.8) is 0 Å². The number of hydrogen-bond donors (Lipinski definition) is 3. The number of nitrogens with one attached hydrogen (secondary N) is 1. The Hall–Kier alpha value is -1.89. The molecule has 0 spiro atoms. The normalized spacial score (nSPS) is 21.0. The van der Waals surface area contributed by atoms with Gasteiger partial charge in [-0.3, -0.25) is 4.68 Å². The zero-order valence-corrected chi connectivity index (χ0v) is 13.1. The minimum Gasteiger partial charge on any atom is -0.368 e. The van der Waals surface area contributed by atoms with Crippen LogP contribution in [-0.4, -0.2) is 32.8 Å². The predicted molar refractivity (Wildman–Crippen MR) is 88.4 cm³/mol. The van der Waals surface area contributed by atoms with Crippen LogP contribution in [0.1, 0.15) is 32.6 Å². The third-order valence-electron chi connectivity index (χ3n) is 4.36. The maximum absolute atomic E-state index is 5.80. The molecule has 0 aromatic carbocycles. The lowest BCUT2D eigenvalue weighted by molar-refractivity contribution is 0.172. The van der Waals surface area contributed by atoms with Crippen molar-refractivity contribution in [3.05, 3.63) is 6.20 Å². The van der Waals surface area contributed by atoms with E-state index in [1.165, 1.54) is 12.8 Å². The molecule has 0 amide bonds. The summed E-state index contributed by atoms with van der Waals surface area (Å²) in [5.74, 6) is 2.39. The van der Waals surface area contributed by atoms with Crippen LogP contribution >= 0.6 is 0 Å². The van der Waals surface area contributed by atoms with Crippen molar-refractivity contribution in [2.24, 2.45) is 17.6 Å². The Labute approximate surface area is 130 Å². The number of nitrogens with two attached hydrogens (primary N) is 2. The van der Waals surface area contributed by atoms with Crippen molar-refractivity contribution in [2.75, 3.05) is 24.1 Å². The highest BCUT2D eigenvalue weighted by atomic mass is 15.3. The molecule has 1 aliphatic rings. The molecule has 0 atom stereocenters. The summed E-state index contributed by atoms with van der Waals surface area (Å²) in [6, 6.07) is 0. The number of rotatable bonds is 7. The molecule has 1 fully saturated rings. The molecular weight excluding hydrogens is 278 g/mol. The highest BCUT2D eigenvalue weighted by Gasteiger charge is 2.28. The van der Waals surface area contributed by atoms with Gasteiger partial charge in [0.15, 0.2) is 11.3 Å². The molecule has 22 heavy (non-hydrogen) atoms. The number of aromatic nitrogens is 4. The fourth-order valence-corrected chi connectivity index (χ4v) is 3.06. The van der Waals surface area contributed by atoms with Crippen molar-refractivity contribution in [3.8, 4) is 0 Å². The van der Waals surface area contributed by atoms with Crippen LogP contribution < -0.4 is 16.8 Å². The van der Waals surface area contributed by atoms with Crippen molar-refractivity contribution in [2.45, 2.75) is 39.2 Å². The van der Waals surface area contributed by atoms with Crippen molar-refractivity contribution in [1.29, 1.82) is 0 Å². The summed E-state index contributed by atoms with van der Waals surface area (Å²) in [7, 11) is 0. The molecule has 0 saturated heterocycles. The Bertz CT molecular complexity index is 630. The van der Waals surface area contributed by atoms with Crippen LogP contribution in [-0.2, 0) is 6.54 Å². The number of anilines is 2. The molecule has 1 aliphatic carbocycles. The zero-order chi connectivity index (χ0) is 15.5. The maximum Gasteiger partial charge on any atom is 0.222 e. The third-order valence-corrected chi connectivity index (χ3v) is 4.36. The minimum absolute atomic E-state index is 0.290. The summed E-state index contributed by atoms with van der Waals surface area (Å²) in [5, 5.41) is 7.96. The van der Waals surface area contributed by atoms with E-state index in [1.54, 1.807) is 0 Å². The van der Waals surface area contributed by atoms with Gasteiger partial charge in [0.1, 0.15) is 5.52 Å². The summed E-state index contributed by atoms with van der Waals surface area (Å²) in [6.07, 6.45) is 6.59. The summed E-state index contributed by atoms with van der Waals surface area (Å²) in [5.41, 5.74) is 13.1. The van der Waals surface area contributed by atoms with Gasteiger partial charge in [-0.05, 0) is 37.6 Å². The van der Waals surface area contributed by atoms with E-state index in [0.29, 0.717) is 11.8 Å². The molecule has 5 N–H and O–H groups in total. The van der Waals surface area contributed by atoms with Crippen molar-refractivity contribution < 1.29 is 0 Å². The van der Waals surface area contributed by atoms with Gasteiger partial charge in [0.2, 0.25) is 5.95 Å². The first-order valence-electron chi connectivity index (χ1n) is 8.14. The number of hydrogen-bond acceptors (Lipinski definition) is 6. The SMILES string of the molecule is CCCCNc1nc(N)nc2cn(CC3CC(CN)C3)nc12. The Balaban J connectivity index is 1.75. The van der Waals surface area contributed by atoms with Gasteiger partial charge in [0.25, 0.3) is 0 Å². The standard InChI is InChI=1S/C15H25N7/c1-2-3-4-18-14-13-12(19-15(17)20-14)9-22(21-13)8-11-5-10(6-11)7-16/h9-11H,2-8,16H2,1H3,(H3,17,18,19,20). The fourth-order valence-electron chi connectivity index (χ4n) is 3.06. The average Bonchev–Trinajstić information content (AvgIpc) is 2.85. The zero-order valence-electron chi connectivity index (χ0n) is 13.1. The van der Waals surface area contributed by atoms with Crippen LogP contribution in [0, 0.1) is 11.8 Å². The van der Waals surface area contributed by atoms with E-state index in [-0.39, 0.29) is 5.95 Å². The monoisotopic (exact) mass is 303 g/mol. The highest BCUT2D eigenvalue weighted by Crippen LogP contribution is 2.34. The molecule has 2 heterocycles. The highest BCUT2D eigenvalue weighted by molar-refractivity contribution is 5.85. The molecule has 3 rings (SSSR count). The molecule has 120 valence electrons. The first-order chi connectivity index (χ1) is 10.7. The molecule has 2 aromatic heterocycles. The van der Waals surface area contributed by atoms with Gasteiger partial charge in [-0.2, -0.15) is 10.1 Å². The van der Waals surface area contributed by atoms with Gasteiger partial charge in [0, 0.05) is 13.1 Å². The second-order valence-corrected chi connectivity index (χ2v) is 6.23. The minimum atomic E-state index is 0.290. The quantitative estimate of drug-likeness (QED) is 0.671. The third kappa shape index (κ3) is 3.14. The second kappa shape index (κ2) is 6.48.